The number of aryl methyl sites for hydroxylation is 1. The highest BCUT2D eigenvalue weighted by Crippen LogP contribution is 2.37. The van der Waals surface area contributed by atoms with E-state index in [1.807, 2.05) is 25.1 Å². The number of oxime groups is 1. The number of alkyl halides is 3. The summed E-state index contributed by atoms with van der Waals surface area (Å²) < 4.78 is 55.6. The van der Waals surface area contributed by atoms with Crippen LogP contribution in [0, 0.1) is 0 Å². The maximum Gasteiger partial charge on any atom is 0.417 e. The van der Waals surface area contributed by atoms with E-state index >= 15 is 0 Å². The highest BCUT2D eigenvalue weighted by molar-refractivity contribution is 6.16. The molecular weight excluding hydrogens is 549 g/mol. The van der Waals surface area contributed by atoms with Crippen molar-refractivity contribution in [3.05, 3.63) is 76.9 Å². The molecule has 1 aliphatic heterocycles. The second-order valence-electron chi connectivity index (χ2n) is 10.3. The minimum absolute atomic E-state index is 0.0525. The molecule has 0 spiro atoms. The van der Waals surface area contributed by atoms with Gasteiger partial charge in [-0.1, -0.05) is 11.2 Å². The number of carbonyl (C=O) groups excluding carboxylic acids is 2. The summed E-state index contributed by atoms with van der Waals surface area (Å²) in [6.45, 7) is 6.49. The van der Waals surface area contributed by atoms with Crippen molar-refractivity contribution in [3.63, 3.8) is 0 Å². The van der Waals surface area contributed by atoms with Crippen molar-refractivity contribution < 1.29 is 37.1 Å². The van der Waals surface area contributed by atoms with Gasteiger partial charge in [0.2, 0.25) is 0 Å². The Hall–Kier alpha value is -4.18. The first-order valence-corrected chi connectivity index (χ1v) is 13.9. The van der Waals surface area contributed by atoms with Crippen LogP contribution in [0.1, 0.15) is 67.1 Å². The first-order chi connectivity index (χ1) is 20.1. The number of aromatic nitrogens is 1. The van der Waals surface area contributed by atoms with Gasteiger partial charge in [0, 0.05) is 59.4 Å². The van der Waals surface area contributed by atoms with Crippen molar-refractivity contribution in [1.29, 1.82) is 0 Å². The van der Waals surface area contributed by atoms with E-state index in [9.17, 15) is 22.8 Å². The molecule has 5 rings (SSSR count). The summed E-state index contributed by atoms with van der Waals surface area (Å²) in [5.41, 5.74) is 1.54. The number of benzene rings is 3. The van der Waals surface area contributed by atoms with Gasteiger partial charge in [-0.15, -0.1) is 0 Å². The maximum atomic E-state index is 14.1. The number of halogens is 3. The zero-order valence-electron chi connectivity index (χ0n) is 23.6. The standard InChI is InChI=1S/C32H31F3N2O5/c1-4-37-29-11-7-21(19(2)36-42-20(3)38)16-26(29)27-17-22(8-12-30(27)37)31(39)25-10-9-24(18-28(25)32(33,34)35)41-15-13-23-6-5-14-40-23/h7-12,16-18,23H,4-6,13-15H2,1-3H3/b36-19+. The van der Waals surface area contributed by atoms with E-state index in [-0.39, 0.29) is 24.0 Å². The van der Waals surface area contributed by atoms with Crippen molar-refractivity contribution in [1.82, 2.24) is 4.57 Å². The molecule has 10 heteroatoms. The molecule has 4 aromatic rings. The predicted octanol–water partition coefficient (Wildman–Crippen LogP) is 7.30. The first kappa shape index (κ1) is 29.3. The Labute approximate surface area is 240 Å². The van der Waals surface area contributed by atoms with Gasteiger partial charge in [-0.2, -0.15) is 13.2 Å². The summed E-state index contributed by atoms with van der Waals surface area (Å²) in [5, 5.41) is 5.36. The largest absolute Gasteiger partial charge is 0.493 e. The highest BCUT2D eigenvalue weighted by atomic mass is 19.4. The minimum atomic E-state index is -4.75. The third-order valence-corrected chi connectivity index (χ3v) is 7.45. The molecule has 42 heavy (non-hydrogen) atoms. The zero-order valence-corrected chi connectivity index (χ0v) is 23.6. The number of ether oxygens (including phenoxy) is 2. The Morgan fingerprint density at radius 1 is 1.00 bits per heavy atom. The highest BCUT2D eigenvalue weighted by Gasteiger charge is 2.36. The van der Waals surface area contributed by atoms with E-state index in [1.165, 1.54) is 19.1 Å². The fraction of sp³-hybridized carbons (Fsp3) is 0.344. The molecule has 220 valence electrons. The second-order valence-corrected chi connectivity index (χ2v) is 10.3. The Morgan fingerprint density at radius 2 is 1.69 bits per heavy atom. The maximum absolute atomic E-state index is 14.1. The third-order valence-electron chi connectivity index (χ3n) is 7.45. The molecule has 3 aromatic carbocycles. The number of hydrogen-bond acceptors (Lipinski definition) is 6. The van der Waals surface area contributed by atoms with Crippen LogP contribution in [0.4, 0.5) is 13.2 Å². The smallest absolute Gasteiger partial charge is 0.417 e. The summed E-state index contributed by atoms with van der Waals surface area (Å²) in [4.78, 5) is 29.5. The lowest BCUT2D eigenvalue weighted by atomic mass is 9.96. The number of rotatable bonds is 9. The molecule has 0 N–H and O–H groups in total. The van der Waals surface area contributed by atoms with E-state index in [4.69, 9.17) is 14.3 Å². The topological polar surface area (TPSA) is 79.1 Å². The van der Waals surface area contributed by atoms with Gasteiger partial charge in [0.1, 0.15) is 5.75 Å². The number of nitrogens with zero attached hydrogens (tertiary/aromatic N) is 2. The van der Waals surface area contributed by atoms with E-state index in [0.717, 1.165) is 35.3 Å². The SMILES string of the molecule is CCn1c2ccc(C(=O)c3ccc(OCCC4CCCO4)cc3C(F)(F)F)cc2c2cc(/C(C)=N/OC(C)=O)ccc21. The van der Waals surface area contributed by atoms with Crippen LogP contribution in [0.5, 0.6) is 5.75 Å². The quantitative estimate of drug-likeness (QED) is 0.0899. The Kier molecular flexibility index (Phi) is 8.36. The number of ketones is 1. The Bertz CT molecular complexity index is 1680. The number of fused-ring (bicyclic) bond motifs is 3. The Morgan fingerprint density at radius 3 is 2.31 bits per heavy atom. The van der Waals surface area contributed by atoms with E-state index in [2.05, 4.69) is 9.72 Å². The van der Waals surface area contributed by atoms with Crippen LogP contribution in [0.2, 0.25) is 0 Å². The van der Waals surface area contributed by atoms with E-state index < -0.39 is 29.1 Å². The van der Waals surface area contributed by atoms with E-state index in [0.29, 0.717) is 36.2 Å². The molecule has 2 heterocycles. The number of hydrogen-bond donors (Lipinski definition) is 0. The van der Waals surface area contributed by atoms with Crippen LogP contribution < -0.4 is 4.74 Å². The average molecular weight is 581 g/mol. The third kappa shape index (κ3) is 6.04. The summed E-state index contributed by atoms with van der Waals surface area (Å²) in [7, 11) is 0. The van der Waals surface area contributed by atoms with Gasteiger partial charge in [0.25, 0.3) is 0 Å². The van der Waals surface area contributed by atoms with Gasteiger partial charge in [-0.25, -0.2) is 4.79 Å². The monoisotopic (exact) mass is 580 g/mol. The second kappa shape index (κ2) is 12.0. The minimum Gasteiger partial charge on any atom is -0.493 e. The zero-order chi connectivity index (χ0) is 30.0. The van der Waals surface area contributed by atoms with Crippen LogP contribution >= 0.6 is 0 Å². The molecule has 0 bridgehead atoms. The first-order valence-electron chi connectivity index (χ1n) is 13.9. The normalized spacial score (nSPS) is 15.9. The van der Waals surface area contributed by atoms with Gasteiger partial charge in [-0.05, 0) is 80.8 Å². The summed E-state index contributed by atoms with van der Waals surface area (Å²) >= 11 is 0. The summed E-state index contributed by atoms with van der Waals surface area (Å²) in [6.07, 6.45) is -2.23. The lowest BCUT2D eigenvalue weighted by molar-refractivity contribution is -0.141. The molecular formula is C32H31F3N2O5. The molecule has 1 atom stereocenters. The van der Waals surface area contributed by atoms with Crippen molar-refractivity contribution in [3.8, 4) is 5.75 Å². The molecule has 0 radical (unpaired) electrons. The molecule has 1 saturated heterocycles. The molecule has 0 saturated carbocycles. The predicted molar refractivity (Wildman–Crippen MR) is 153 cm³/mol. The lowest BCUT2D eigenvalue weighted by Gasteiger charge is -2.15. The van der Waals surface area contributed by atoms with Crippen LogP contribution in [0.3, 0.4) is 0 Å². The van der Waals surface area contributed by atoms with Gasteiger partial charge in [0.15, 0.2) is 5.78 Å². The molecule has 1 aliphatic rings. The van der Waals surface area contributed by atoms with Crippen LogP contribution in [-0.4, -0.2) is 41.3 Å². The summed E-state index contributed by atoms with van der Waals surface area (Å²) in [5.74, 6) is -1.23. The molecule has 0 aliphatic carbocycles. The van der Waals surface area contributed by atoms with Gasteiger partial charge < -0.3 is 18.9 Å². The van der Waals surface area contributed by atoms with E-state index in [1.54, 1.807) is 25.1 Å². The molecule has 1 unspecified atom stereocenters. The molecule has 0 amide bonds. The van der Waals surface area contributed by atoms with Gasteiger partial charge in [-0.3, -0.25) is 4.79 Å². The van der Waals surface area contributed by atoms with Crippen LogP contribution in [0.25, 0.3) is 21.8 Å². The van der Waals surface area contributed by atoms with Crippen molar-refractivity contribution in [2.75, 3.05) is 13.2 Å². The fourth-order valence-electron chi connectivity index (χ4n) is 5.38. The van der Waals surface area contributed by atoms with Gasteiger partial charge in [0.05, 0.1) is 24.0 Å². The van der Waals surface area contributed by atoms with Crippen molar-refractivity contribution >= 4 is 39.3 Å². The summed E-state index contributed by atoms with van der Waals surface area (Å²) in [6, 6.07) is 14.0. The molecule has 7 nitrogen and oxygen atoms in total. The van der Waals surface area contributed by atoms with Crippen LogP contribution in [0.15, 0.2) is 59.8 Å². The Balaban J connectivity index is 1.50. The fourth-order valence-corrected chi connectivity index (χ4v) is 5.38. The number of carbonyl (C=O) groups is 2. The molecule has 1 aromatic heterocycles. The average Bonchev–Trinajstić information content (AvgIpc) is 3.60. The molecule has 1 fully saturated rings. The van der Waals surface area contributed by atoms with Crippen LogP contribution in [-0.2, 0) is 27.1 Å². The van der Waals surface area contributed by atoms with Crippen molar-refractivity contribution in [2.24, 2.45) is 5.16 Å². The van der Waals surface area contributed by atoms with Crippen molar-refractivity contribution in [2.45, 2.75) is 58.9 Å². The van der Waals surface area contributed by atoms with Gasteiger partial charge >= 0.3 is 12.1 Å². The lowest BCUT2D eigenvalue weighted by Crippen LogP contribution is -2.15.